The molecule has 0 unspecified atom stereocenters. The van der Waals surface area contributed by atoms with E-state index in [0.717, 1.165) is 0 Å². The minimum Gasteiger partial charge on any atom is -0.496 e. The number of ether oxygens (including phenoxy) is 3. The molecule has 2 aromatic rings. The predicted molar refractivity (Wildman–Crippen MR) is 87.9 cm³/mol. The molecule has 7 nitrogen and oxygen atoms in total. The number of fused-ring (bicyclic) bond motifs is 3. The summed E-state index contributed by atoms with van der Waals surface area (Å²) in [7, 11) is 3.10. The Balaban J connectivity index is 2.27. The Morgan fingerprint density at radius 3 is 2.71 bits per heavy atom. The maximum Gasteiger partial charge on any atom is 0.257 e. The number of aliphatic hydroxyl groups excluding tert-OH is 1. The van der Waals surface area contributed by atoms with E-state index in [1.165, 1.54) is 25.5 Å². The molecule has 0 fully saturated rings. The molecule has 0 bridgehead atoms. The lowest BCUT2D eigenvalue weighted by Gasteiger charge is -2.25. The first-order valence-electron chi connectivity index (χ1n) is 7.64. The summed E-state index contributed by atoms with van der Waals surface area (Å²) in [5, 5.41) is 20.9. The Morgan fingerprint density at radius 2 is 2.08 bits per heavy atom. The number of hydrogen-bond donors (Lipinski definition) is 2. The van der Waals surface area contributed by atoms with Crippen LogP contribution in [-0.4, -0.2) is 40.4 Å². The molecule has 24 heavy (non-hydrogen) atoms. The smallest absolute Gasteiger partial charge is 0.257 e. The molecule has 3 rings (SSSR count). The Hall–Kier alpha value is -2.25. The van der Waals surface area contributed by atoms with Crippen molar-refractivity contribution in [1.82, 2.24) is 4.57 Å². The van der Waals surface area contributed by atoms with E-state index < -0.39 is 11.7 Å². The van der Waals surface area contributed by atoms with E-state index in [2.05, 4.69) is 0 Å². The van der Waals surface area contributed by atoms with Gasteiger partial charge in [-0.05, 0) is 26.0 Å². The molecule has 1 aliphatic heterocycles. The van der Waals surface area contributed by atoms with E-state index in [1.54, 1.807) is 19.2 Å². The van der Waals surface area contributed by atoms with Crippen LogP contribution in [-0.2, 0) is 13.5 Å². The second kappa shape index (κ2) is 5.68. The van der Waals surface area contributed by atoms with Crippen LogP contribution in [0.15, 0.2) is 16.9 Å². The van der Waals surface area contributed by atoms with Crippen molar-refractivity contribution in [3.05, 3.63) is 28.0 Å². The lowest BCUT2D eigenvalue weighted by Crippen LogP contribution is -2.39. The third-order valence-corrected chi connectivity index (χ3v) is 4.35. The zero-order valence-corrected chi connectivity index (χ0v) is 14.1. The zero-order valence-electron chi connectivity index (χ0n) is 14.1. The van der Waals surface area contributed by atoms with Crippen LogP contribution in [0.3, 0.4) is 0 Å². The molecule has 130 valence electrons. The summed E-state index contributed by atoms with van der Waals surface area (Å²) in [6.45, 7) is 3.09. The van der Waals surface area contributed by atoms with Crippen LogP contribution in [0.25, 0.3) is 10.9 Å². The maximum atomic E-state index is 12.8. The van der Waals surface area contributed by atoms with E-state index >= 15 is 0 Å². The second-order valence-corrected chi connectivity index (χ2v) is 6.45. The quantitative estimate of drug-likeness (QED) is 0.865. The SMILES string of the molecule is COc1c(C[C@H](O)C(C)(C)O)c(=O)n(C)c2c3c(ccc12)OCO3. The maximum absolute atomic E-state index is 12.8. The highest BCUT2D eigenvalue weighted by Crippen LogP contribution is 2.42. The van der Waals surface area contributed by atoms with Crippen molar-refractivity contribution < 1.29 is 24.4 Å². The van der Waals surface area contributed by atoms with Crippen LogP contribution in [0.4, 0.5) is 0 Å². The summed E-state index contributed by atoms with van der Waals surface area (Å²) in [6, 6.07) is 3.55. The summed E-state index contributed by atoms with van der Waals surface area (Å²) >= 11 is 0. The van der Waals surface area contributed by atoms with Crippen molar-refractivity contribution in [2.45, 2.75) is 32.0 Å². The molecule has 0 saturated heterocycles. The fourth-order valence-corrected chi connectivity index (χ4v) is 2.89. The third kappa shape index (κ3) is 2.50. The summed E-state index contributed by atoms with van der Waals surface area (Å²) in [4.78, 5) is 12.8. The first kappa shape index (κ1) is 16.6. The van der Waals surface area contributed by atoms with Gasteiger partial charge < -0.3 is 29.0 Å². The van der Waals surface area contributed by atoms with Gasteiger partial charge in [0.05, 0.1) is 24.4 Å². The number of benzene rings is 1. The van der Waals surface area contributed by atoms with Crippen LogP contribution in [0.5, 0.6) is 17.2 Å². The topological polar surface area (TPSA) is 90.2 Å². The number of hydrogen-bond acceptors (Lipinski definition) is 6. The fourth-order valence-electron chi connectivity index (χ4n) is 2.89. The Morgan fingerprint density at radius 1 is 1.38 bits per heavy atom. The molecule has 1 aromatic carbocycles. The van der Waals surface area contributed by atoms with Gasteiger partial charge in [-0.15, -0.1) is 0 Å². The largest absolute Gasteiger partial charge is 0.496 e. The fraction of sp³-hybridized carbons (Fsp3) is 0.471. The molecule has 0 radical (unpaired) electrons. The molecular weight excluding hydrogens is 314 g/mol. The summed E-state index contributed by atoms with van der Waals surface area (Å²) in [6.07, 6.45) is -1.13. The average Bonchev–Trinajstić information content (AvgIpc) is 2.99. The average molecular weight is 335 g/mol. The highest BCUT2D eigenvalue weighted by molar-refractivity contribution is 5.93. The number of methoxy groups -OCH3 is 1. The van der Waals surface area contributed by atoms with E-state index in [1.807, 2.05) is 0 Å². The van der Waals surface area contributed by atoms with Gasteiger partial charge in [0.15, 0.2) is 11.5 Å². The van der Waals surface area contributed by atoms with Crippen molar-refractivity contribution in [1.29, 1.82) is 0 Å². The molecule has 1 atom stereocenters. The molecule has 1 aromatic heterocycles. The van der Waals surface area contributed by atoms with Gasteiger partial charge in [0, 0.05) is 18.9 Å². The second-order valence-electron chi connectivity index (χ2n) is 6.45. The Kier molecular flexibility index (Phi) is 3.93. The van der Waals surface area contributed by atoms with Gasteiger partial charge in [0.25, 0.3) is 5.56 Å². The van der Waals surface area contributed by atoms with Gasteiger partial charge in [-0.25, -0.2) is 0 Å². The van der Waals surface area contributed by atoms with E-state index in [4.69, 9.17) is 14.2 Å². The molecule has 7 heteroatoms. The van der Waals surface area contributed by atoms with Crippen LogP contribution < -0.4 is 19.8 Å². The number of aliphatic hydroxyl groups is 2. The minimum absolute atomic E-state index is 0.0241. The summed E-state index contributed by atoms with van der Waals surface area (Å²) in [5.41, 5.74) is -0.763. The van der Waals surface area contributed by atoms with Crippen LogP contribution in [0.1, 0.15) is 19.4 Å². The number of pyridine rings is 1. The minimum atomic E-state index is -1.33. The number of aromatic nitrogens is 1. The third-order valence-electron chi connectivity index (χ3n) is 4.35. The van der Waals surface area contributed by atoms with Crippen LogP contribution in [0.2, 0.25) is 0 Å². The van der Waals surface area contributed by atoms with Crippen molar-refractivity contribution in [3.63, 3.8) is 0 Å². The van der Waals surface area contributed by atoms with Crippen molar-refractivity contribution in [2.75, 3.05) is 13.9 Å². The van der Waals surface area contributed by atoms with Crippen LogP contribution >= 0.6 is 0 Å². The highest BCUT2D eigenvalue weighted by atomic mass is 16.7. The van der Waals surface area contributed by atoms with E-state index in [0.29, 0.717) is 33.7 Å². The molecule has 0 saturated carbocycles. The molecule has 2 heterocycles. The Bertz CT molecular complexity index is 849. The summed E-state index contributed by atoms with van der Waals surface area (Å²) < 4.78 is 17.8. The van der Waals surface area contributed by atoms with Gasteiger partial charge in [-0.3, -0.25) is 4.79 Å². The standard InChI is InChI=1S/C17H21NO6/c1-17(2,21)12(19)7-10-14(22-4)9-5-6-11-15(24-8-23-11)13(9)18(3)16(10)20/h5-6,12,19,21H,7-8H2,1-4H3/t12-/m0/s1. The lowest BCUT2D eigenvalue weighted by molar-refractivity contribution is -0.0472. The Labute approximate surface area is 139 Å². The van der Waals surface area contributed by atoms with Gasteiger partial charge >= 0.3 is 0 Å². The van der Waals surface area contributed by atoms with Crippen LogP contribution in [0, 0.1) is 0 Å². The first-order chi connectivity index (χ1) is 11.3. The molecule has 1 aliphatic rings. The molecule has 2 N–H and O–H groups in total. The number of rotatable bonds is 4. The van der Waals surface area contributed by atoms with E-state index in [-0.39, 0.29) is 18.8 Å². The van der Waals surface area contributed by atoms with Gasteiger partial charge in [-0.2, -0.15) is 0 Å². The van der Waals surface area contributed by atoms with Gasteiger partial charge in [0.2, 0.25) is 6.79 Å². The van der Waals surface area contributed by atoms with Gasteiger partial charge in [0.1, 0.15) is 11.3 Å². The monoisotopic (exact) mass is 335 g/mol. The molecular formula is C17H21NO6. The lowest BCUT2D eigenvalue weighted by atomic mass is 9.94. The number of nitrogens with zero attached hydrogens (tertiary/aromatic N) is 1. The van der Waals surface area contributed by atoms with E-state index in [9.17, 15) is 15.0 Å². The molecule has 0 aliphatic carbocycles. The van der Waals surface area contributed by atoms with Gasteiger partial charge in [-0.1, -0.05) is 0 Å². The zero-order chi connectivity index (χ0) is 17.6. The van der Waals surface area contributed by atoms with Crippen molar-refractivity contribution >= 4 is 10.9 Å². The van der Waals surface area contributed by atoms with Crippen molar-refractivity contribution in [3.8, 4) is 17.2 Å². The molecule has 0 spiro atoms. The number of aryl methyl sites for hydroxylation is 1. The summed E-state index contributed by atoms with van der Waals surface area (Å²) in [5.74, 6) is 1.44. The predicted octanol–water partition coefficient (Wildman–Crippen LogP) is 0.950. The normalized spacial score (nSPS) is 14.9. The highest BCUT2D eigenvalue weighted by Gasteiger charge is 2.29. The first-order valence-corrected chi connectivity index (χ1v) is 7.64. The molecule has 0 amide bonds. The van der Waals surface area contributed by atoms with Crippen molar-refractivity contribution in [2.24, 2.45) is 7.05 Å².